The topological polar surface area (TPSA) is 33.5 Å². The second-order valence-corrected chi connectivity index (χ2v) is 6.76. The third-order valence-corrected chi connectivity index (χ3v) is 3.65. The van der Waals surface area contributed by atoms with Crippen LogP contribution < -0.4 is 0 Å². The van der Waals surface area contributed by atoms with Crippen LogP contribution in [0.25, 0.3) is 0 Å². The molecule has 1 aliphatic carbocycles. The molecule has 1 aromatic rings. The molecule has 0 unspecified atom stereocenters. The quantitative estimate of drug-likeness (QED) is 0.822. The molecule has 0 bridgehead atoms. The van der Waals surface area contributed by atoms with Gasteiger partial charge in [-0.1, -0.05) is 40.0 Å². The first kappa shape index (κ1) is 14.2. The number of hydrogen-bond donors (Lipinski definition) is 0. The molecule has 0 radical (unpaired) electrons. The van der Waals surface area contributed by atoms with Gasteiger partial charge in [0.15, 0.2) is 5.76 Å². The van der Waals surface area contributed by atoms with E-state index in [1.165, 1.54) is 19.3 Å². The Morgan fingerprint density at radius 2 is 2.00 bits per heavy atom. The van der Waals surface area contributed by atoms with Crippen LogP contribution in [0, 0.1) is 5.41 Å². The smallest absolute Gasteiger partial charge is 0.289 e. The first-order chi connectivity index (χ1) is 8.97. The molecule has 1 fully saturated rings. The maximum Gasteiger partial charge on any atom is 0.289 e. The molecule has 0 N–H and O–H groups in total. The fourth-order valence-electron chi connectivity index (χ4n) is 2.81. The molecule has 1 heterocycles. The van der Waals surface area contributed by atoms with Gasteiger partial charge >= 0.3 is 0 Å². The highest BCUT2D eigenvalue weighted by Crippen LogP contribution is 2.27. The zero-order chi connectivity index (χ0) is 13.9. The van der Waals surface area contributed by atoms with Gasteiger partial charge in [-0.05, 0) is 30.4 Å². The molecule has 0 aliphatic heterocycles. The van der Waals surface area contributed by atoms with Gasteiger partial charge in [0.05, 0.1) is 6.26 Å². The normalized spacial score (nSPS) is 17.4. The third kappa shape index (κ3) is 3.85. The van der Waals surface area contributed by atoms with Crippen molar-refractivity contribution in [3.8, 4) is 0 Å². The summed E-state index contributed by atoms with van der Waals surface area (Å²) in [5, 5.41) is 0. The summed E-state index contributed by atoms with van der Waals surface area (Å²) < 4.78 is 5.29. The Morgan fingerprint density at radius 1 is 1.32 bits per heavy atom. The maximum absolute atomic E-state index is 12.6. The van der Waals surface area contributed by atoms with E-state index in [4.69, 9.17) is 4.42 Å². The van der Waals surface area contributed by atoms with Gasteiger partial charge in [0, 0.05) is 12.6 Å². The molecular formula is C16H25NO2. The lowest BCUT2D eigenvalue weighted by Gasteiger charge is -2.37. The maximum atomic E-state index is 12.6. The molecule has 0 spiro atoms. The van der Waals surface area contributed by atoms with Crippen molar-refractivity contribution < 1.29 is 9.21 Å². The fourth-order valence-corrected chi connectivity index (χ4v) is 2.81. The predicted molar refractivity (Wildman–Crippen MR) is 76.1 cm³/mol. The zero-order valence-corrected chi connectivity index (χ0v) is 12.3. The Hall–Kier alpha value is -1.25. The van der Waals surface area contributed by atoms with Gasteiger partial charge in [-0.3, -0.25) is 4.79 Å². The van der Waals surface area contributed by atoms with Crippen molar-refractivity contribution in [1.82, 2.24) is 4.90 Å². The molecule has 0 saturated heterocycles. The highest BCUT2D eigenvalue weighted by atomic mass is 16.3. The summed E-state index contributed by atoms with van der Waals surface area (Å²) >= 11 is 0. The molecule has 1 aliphatic rings. The van der Waals surface area contributed by atoms with Crippen LogP contribution in [0.15, 0.2) is 22.8 Å². The summed E-state index contributed by atoms with van der Waals surface area (Å²) in [6.45, 7) is 7.33. The van der Waals surface area contributed by atoms with Crippen molar-refractivity contribution in [2.75, 3.05) is 6.54 Å². The van der Waals surface area contributed by atoms with Crippen molar-refractivity contribution >= 4 is 5.91 Å². The Balaban J connectivity index is 2.15. The van der Waals surface area contributed by atoms with Crippen LogP contribution in [0.4, 0.5) is 0 Å². The number of hydrogen-bond acceptors (Lipinski definition) is 2. The van der Waals surface area contributed by atoms with E-state index in [9.17, 15) is 4.79 Å². The minimum absolute atomic E-state index is 0.0480. The Bertz CT molecular complexity index is 397. The zero-order valence-electron chi connectivity index (χ0n) is 12.3. The number of furan rings is 1. The average Bonchev–Trinajstić information content (AvgIpc) is 2.89. The van der Waals surface area contributed by atoms with Gasteiger partial charge in [0.25, 0.3) is 5.91 Å². The van der Waals surface area contributed by atoms with Crippen LogP contribution in [0.1, 0.15) is 63.4 Å². The van der Waals surface area contributed by atoms with Gasteiger partial charge in [0.1, 0.15) is 0 Å². The van der Waals surface area contributed by atoms with E-state index < -0.39 is 0 Å². The van der Waals surface area contributed by atoms with Crippen LogP contribution in [0.3, 0.4) is 0 Å². The molecule has 1 amide bonds. The minimum Gasteiger partial charge on any atom is -0.459 e. The summed E-state index contributed by atoms with van der Waals surface area (Å²) in [7, 11) is 0. The van der Waals surface area contributed by atoms with E-state index in [1.807, 2.05) is 4.90 Å². The van der Waals surface area contributed by atoms with Gasteiger partial charge in [-0.2, -0.15) is 0 Å². The van der Waals surface area contributed by atoms with Crippen molar-refractivity contribution in [3.05, 3.63) is 24.2 Å². The minimum atomic E-state index is 0.0480. The van der Waals surface area contributed by atoms with Gasteiger partial charge in [-0.15, -0.1) is 0 Å². The van der Waals surface area contributed by atoms with E-state index in [2.05, 4.69) is 20.8 Å². The molecular weight excluding hydrogens is 238 g/mol. The average molecular weight is 263 g/mol. The summed E-state index contributed by atoms with van der Waals surface area (Å²) in [6, 6.07) is 3.93. The van der Waals surface area contributed by atoms with Gasteiger partial charge in [0.2, 0.25) is 0 Å². The van der Waals surface area contributed by atoms with E-state index in [-0.39, 0.29) is 11.3 Å². The van der Waals surface area contributed by atoms with Crippen molar-refractivity contribution in [3.63, 3.8) is 0 Å². The highest BCUT2D eigenvalue weighted by Gasteiger charge is 2.30. The van der Waals surface area contributed by atoms with Crippen molar-refractivity contribution in [1.29, 1.82) is 0 Å². The highest BCUT2D eigenvalue weighted by molar-refractivity contribution is 5.91. The van der Waals surface area contributed by atoms with Gasteiger partial charge < -0.3 is 9.32 Å². The predicted octanol–water partition coefficient (Wildman–Crippen LogP) is 4.10. The Morgan fingerprint density at radius 3 is 2.53 bits per heavy atom. The third-order valence-electron chi connectivity index (χ3n) is 3.65. The van der Waals surface area contributed by atoms with E-state index in [0.717, 1.165) is 19.4 Å². The molecule has 1 saturated carbocycles. The molecule has 1 aromatic heterocycles. The van der Waals surface area contributed by atoms with E-state index in [0.29, 0.717) is 11.8 Å². The van der Waals surface area contributed by atoms with Crippen LogP contribution in [0.5, 0.6) is 0 Å². The van der Waals surface area contributed by atoms with Crippen LogP contribution in [0.2, 0.25) is 0 Å². The fraction of sp³-hybridized carbons (Fsp3) is 0.688. The Labute approximate surface area is 116 Å². The monoisotopic (exact) mass is 263 g/mol. The number of amides is 1. The first-order valence-corrected chi connectivity index (χ1v) is 7.32. The summed E-state index contributed by atoms with van der Waals surface area (Å²) in [5.41, 5.74) is 0.111. The summed E-state index contributed by atoms with van der Waals surface area (Å²) in [4.78, 5) is 14.7. The van der Waals surface area contributed by atoms with Crippen LogP contribution in [-0.4, -0.2) is 23.4 Å². The van der Waals surface area contributed by atoms with E-state index in [1.54, 1.807) is 18.4 Å². The lowest BCUT2D eigenvalue weighted by molar-refractivity contribution is 0.0512. The molecule has 3 heteroatoms. The second-order valence-electron chi connectivity index (χ2n) is 6.76. The SMILES string of the molecule is CC(C)(C)CN(C(=O)c1ccco1)C1CCCCC1. The number of carbonyl (C=O) groups is 1. The molecule has 3 nitrogen and oxygen atoms in total. The standard InChI is InChI=1S/C16H25NO2/c1-16(2,3)12-17(13-8-5-4-6-9-13)15(18)14-10-7-11-19-14/h7,10-11,13H,4-6,8-9,12H2,1-3H3. The largest absolute Gasteiger partial charge is 0.459 e. The number of rotatable bonds is 3. The van der Waals surface area contributed by atoms with Crippen LogP contribution >= 0.6 is 0 Å². The van der Waals surface area contributed by atoms with E-state index >= 15 is 0 Å². The van der Waals surface area contributed by atoms with Crippen LogP contribution in [-0.2, 0) is 0 Å². The molecule has 0 atom stereocenters. The van der Waals surface area contributed by atoms with Crippen molar-refractivity contribution in [2.24, 2.45) is 5.41 Å². The number of nitrogens with zero attached hydrogens (tertiary/aromatic N) is 1. The van der Waals surface area contributed by atoms with Crippen molar-refractivity contribution in [2.45, 2.75) is 58.9 Å². The molecule has 0 aromatic carbocycles. The van der Waals surface area contributed by atoms with Gasteiger partial charge in [-0.25, -0.2) is 0 Å². The Kier molecular flexibility index (Phi) is 4.33. The molecule has 19 heavy (non-hydrogen) atoms. The first-order valence-electron chi connectivity index (χ1n) is 7.32. The molecule has 2 rings (SSSR count). The lowest BCUT2D eigenvalue weighted by atomic mass is 9.90. The molecule has 106 valence electrons. The second kappa shape index (κ2) is 5.81. The summed E-state index contributed by atoms with van der Waals surface area (Å²) in [5.74, 6) is 0.515. The number of carbonyl (C=O) groups excluding carboxylic acids is 1. The lowest BCUT2D eigenvalue weighted by Crippen LogP contribution is -2.45. The summed E-state index contributed by atoms with van der Waals surface area (Å²) in [6.07, 6.45) is 7.59.